The standard InChI is InChI=1S/C23H30N4S/c24-23(20-14-27-21(15-26-20)28-16-17-5-1-2-6-17)19-8-4-3-7-18(19)13-22(23)9-11-25-12-10-22/h3-4,7-8,14-15,17,25H,1-2,5-6,9-13,16,24H2/t23-/m0/s1. The zero-order chi connectivity index (χ0) is 19.0. The minimum absolute atomic E-state index is 0.0368. The van der Waals surface area contributed by atoms with Gasteiger partial charge >= 0.3 is 0 Å². The van der Waals surface area contributed by atoms with Gasteiger partial charge in [0.2, 0.25) is 0 Å². The van der Waals surface area contributed by atoms with Crippen molar-refractivity contribution in [2.24, 2.45) is 17.1 Å². The molecular weight excluding hydrogens is 364 g/mol. The topological polar surface area (TPSA) is 63.8 Å². The van der Waals surface area contributed by atoms with Crippen molar-refractivity contribution in [1.82, 2.24) is 15.3 Å². The van der Waals surface area contributed by atoms with Gasteiger partial charge in [-0.05, 0) is 62.2 Å². The first kappa shape index (κ1) is 18.6. The van der Waals surface area contributed by atoms with Gasteiger partial charge in [-0.3, -0.25) is 4.98 Å². The normalized spacial score (nSPS) is 26.6. The van der Waals surface area contributed by atoms with Crippen LogP contribution in [0.15, 0.2) is 41.7 Å². The Hall–Kier alpha value is -1.43. The summed E-state index contributed by atoms with van der Waals surface area (Å²) < 4.78 is 0. The molecule has 3 aliphatic rings. The number of rotatable bonds is 4. The Balaban J connectivity index is 1.45. The van der Waals surface area contributed by atoms with Gasteiger partial charge in [0.05, 0.1) is 23.6 Å². The van der Waals surface area contributed by atoms with E-state index in [1.54, 1.807) is 0 Å². The van der Waals surface area contributed by atoms with Crippen LogP contribution in [0.4, 0.5) is 0 Å². The number of nitrogens with zero attached hydrogens (tertiary/aromatic N) is 2. The summed E-state index contributed by atoms with van der Waals surface area (Å²) in [7, 11) is 0. The van der Waals surface area contributed by atoms with E-state index < -0.39 is 5.54 Å². The van der Waals surface area contributed by atoms with Crippen molar-refractivity contribution in [1.29, 1.82) is 0 Å². The number of piperidine rings is 1. The van der Waals surface area contributed by atoms with E-state index in [4.69, 9.17) is 15.7 Å². The van der Waals surface area contributed by atoms with Gasteiger partial charge in [-0.1, -0.05) is 37.1 Å². The molecule has 2 fully saturated rings. The summed E-state index contributed by atoms with van der Waals surface area (Å²) in [5.41, 5.74) is 10.3. The van der Waals surface area contributed by atoms with Gasteiger partial charge in [-0.2, -0.15) is 0 Å². The predicted molar refractivity (Wildman–Crippen MR) is 114 cm³/mol. The molecule has 0 amide bonds. The third-order valence-electron chi connectivity index (χ3n) is 7.34. The molecule has 28 heavy (non-hydrogen) atoms. The van der Waals surface area contributed by atoms with E-state index in [1.807, 2.05) is 24.2 Å². The van der Waals surface area contributed by atoms with Gasteiger partial charge in [0.1, 0.15) is 5.03 Å². The molecule has 1 saturated carbocycles. The van der Waals surface area contributed by atoms with Crippen LogP contribution in [0, 0.1) is 11.3 Å². The van der Waals surface area contributed by atoms with Crippen molar-refractivity contribution < 1.29 is 0 Å². The molecule has 1 saturated heterocycles. The van der Waals surface area contributed by atoms with Crippen molar-refractivity contribution >= 4 is 11.8 Å². The second kappa shape index (κ2) is 7.43. The molecule has 0 radical (unpaired) electrons. The van der Waals surface area contributed by atoms with Crippen LogP contribution in [-0.4, -0.2) is 28.8 Å². The Morgan fingerprint density at radius 3 is 2.61 bits per heavy atom. The summed E-state index contributed by atoms with van der Waals surface area (Å²) >= 11 is 1.86. The predicted octanol–water partition coefficient (Wildman–Crippen LogP) is 3.89. The number of fused-ring (bicyclic) bond motifs is 1. The van der Waals surface area contributed by atoms with E-state index in [2.05, 4.69) is 29.6 Å². The van der Waals surface area contributed by atoms with Gasteiger partial charge in [0, 0.05) is 11.2 Å². The van der Waals surface area contributed by atoms with Crippen LogP contribution in [0.3, 0.4) is 0 Å². The van der Waals surface area contributed by atoms with Crippen LogP contribution in [0.1, 0.15) is 55.3 Å². The number of benzene rings is 1. The minimum atomic E-state index is -0.548. The van der Waals surface area contributed by atoms with Crippen molar-refractivity contribution in [2.75, 3.05) is 18.8 Å². The van der Waals surface area contributed by atoms with Crippen LogP contribution in [0.2, 0.25) is 0 Å². The first-order valence-corrected chi connectivity index (χ1v) is 11.7. The lowest BCUT2D eigenvalue weighted by atomic mass is 9.63. The summed E-state index contributed by atoms with van der Waals surface area (Å²) in [6, 6.07) is 8.69. The van der Waals surface area contributed by atoms with Gasteiger partial charge in [-0.15, -0.1) is 11.8 Å². The quantitative estimate of drug-likeness (QED) is 0.771. The first-order valence-electron chi connectivity index (χ1n) is 10.7. The molecule has 148 valence electrons. The van der Waals surface area contributed by atoms with Crippen molar-refractivity contribution in [3.63, 3.8) is 0 Å². The highest BCUT2D eigenvalue weighted by Gasteiger charge is 2.57. The van der Waals surface area contributed by atoms with Crippen molar-refractivity contribution in [3.05, 3.63) is 53.5 Å². The van der Waals surface area contributed by atoms with Crippen LogP contribution in [-0.2, 0) is 12.0 Å². The molecule has 1 aliphatic heterocycles. The average Bonchev–Trinajstić information content (AvgIpc) is 3.34. The third-order valence-corrected chi connectivity index (χ3v) is 8.49. The van der Waals surface area contributed by atoms with Gasteiger partial charge < -0.3 is 11.1 Å². The molecular formula is C23H30N4S. The van der Waals surface area contributed by atoms with Crippen LogP contribution >= 0.6 is 11.8 Å². The maximum absolute atomic E-state index is 7.29. The summed E-state index contributed by atoms with van der Waals surface area (Å²) in [5, 5.41) is 4.54. The third kappa shape index (κ3) is 2.99. The molecule has 1 aromatic carbocycles. The number of aromatic nitrogens is 2. The van der Waals surface area contributed by atoms with E-state index in [1.165, 1.54) is 42.6 Å². The highest BCUT2D eigenvalue weighted by molar-refractivity contribution is 7.99. The van der Waals surface area contributed by atoms with E-state index in [0.717, 1.165) is 49.0 Å². The molecule has 1 aromatic heterocycles. The van der Waals surface area contributed by atoms with E-state index >= 15 is 0 Å². The second-order valence-electron chi connectivity index (χ2n) is 8.87. The maximum Gasteiger partial charge on any atom is 0.114 e. The lowest BCUT2D eigenvalue weighted by molar-refractivity contribution is 0.117. The Morgan fingerprint density at radius 2 is 1.86 bits per heavy atom. The van der Waals surface area contributed by atoms with Crippen LogP contribution in [0.25, 0.3) is 0 Å². The fourth-order valence-electron chi connectivity index (χ4n) is 5.71. The first-order chi connectivity index (χ1) is 13.7. The average molecular weight is 395 g/mol. The summed E-state index contributed by atoms with van der Waals surface area (Å²) in [6.07, 6.45) is 12.7. The Labute approximate surface area is 172 Å². The molecule has 1 spiro atoms. The summed E-state index contributed by atoms with van der Waals surface area (Å²) in [5.74, 6) is 2.02. The summed E-state index contributed by atoms with van der Waals surface area (Å²) in [4.78, 5) is 9.68. The lowest BCUT2D eigenvalue weighted by Gasteiger charge is -2.46. The van der Waals surface area contributed by atoms with Gasteiger partial charge in [-0.25, -0.2) is 4.98 Å². The largest absolute Gasteiger partial charge is 0.317 e. The second-order valence-corrected chi connectivity index (χ2v) is 9.91. The molecule has 0 bridgehead atoms. The SMILES string of the molecule is N[C@]1(c2cnc(SCC3CCCC3)cn2)c2ccccc2CC12CCNCC2. The fraction of sp³-hybridized carbons (Fsp3) is 0.565. The van der Waals surface area contributed by atoms with Gasteiger partial charge in [0.15, 0.2) is 0 Å². The minimum Gasteiger partial charge on any atom is -0.317 e. The molecule has 3 N–H and O–H groups in total. The monoisotopic (exact) mass is 394 g/mol. The van der Waals surface area contributed by atoms with E-state index in [9.17, 15) is 0 Å². The zero-order valence-electron chi connectivity index (χ0n) is 16.5. The molecule has 5 rings (SSSR count). The molecule has 0 unspecified atom stereocenters. The summed E-state index contributed by atoms with van der Waals surface area (Å²) in [6.45, 7) is 2.05. The molecule has 2 aliphatic carbocycles. The van der Waals surface area contributed by atoms with Gasteiger partial charge in [0.25, 0.3) is 0 Å². The van der Waals surface area contributed by atoms with Crippen LogP contribution < -0.4 is 11.1 Å². The van der Waals surface area contributed by atoms with Crippen molar-refractivity contribution in [2.45, 2.75) is 55.5 Å². The fourth-order valence-corrected chi connectivity index (χ4v) is 6.70. The van der Waals surface area contributed by atoms with E-state index in [0.29, 0.717) is 0 Å². The number of hydrogen-bond acceptors (Lipinski definition) is 5. The number of nitrogens with one attached hydrogen (secondary N) is 1. The molecule has 2 aromatic rings. The number of hydrogen-bond donors (Lipinski definition) is 2. The molecule has 5 heteroatoms. The molecule has 2 heterocycles. The Morgan fingerprint density at radius 1 is 1.07 bits per heavy atom. The molecule has 4 nitrogen and oxygen atoms in total. The zero-order valence-corrected chi connectivity index (χ0v) is 17.3. The Bertz CT molecular complexity index is 825. The highest BCUT2D eigenvalue weighted by Crippen LogP contribution is 2.56. The Kier molecular flexibility index (Phi) is 4.93. The smallest absolute Gasteiger partial charge is 0.114 e. The number of nitrogens with two attached hydrogens (primary N) is 1. The van der Waals surface area contributed by atoms with Crippen molar-refractivity contribution in [3.8, 4) is 0 Å². The highest BCUT2D eigenvalue weighted by atomic mass is 32.2. The maximum atomic E-state index is 7.29. The van der Waals surface area contributed by atoms with E-state index in [-0.39, 0.29) is 5.41 Å². The lowest BCUT2D eigenvalue weighted by Crippen LogP contribution is -2.55. The van der Waals surface area contributed by atoms with Crippen LogP contribution in [0.5, 0.6) is 0 Å². The molecule has 1 atom stereocenters. The number of thioether (sulfide) groups is 1.